The number of carbonyl (C=O) groups excluding carboxylic acids is 2. The zero-order valence-corrected chi connectivity index (χ0v) is 16.4. The van der Waals surface area contributed by atoms with Gasteiger partial charge in [0.05, 0.1) is 22.9 Å². The zero-order chi connectivity index (χ0) is 19.8. The Morgan fingerprint density at radius 3 is 2.81 bits per heavy atom. The van der Waals surface area contributed by atoms with Crippen molar-refractivity contribution in [2.75, 3.05) is 32.5 Å². The molecule has 0 aromatic heterocycles. The molecule has 27 heavy (non-hydrogen) atoms. The van der Waals surface area contributed by atoms with Gasteiger partial charge >= 0.3 is 6.03 Å². The summed E-state index contributed by atoms with van der Waals surface area (Å²) >= 11 is 6.25. The minimum atomic E-state index is -0.919. The van der Waals surface area contributed by atoms with Crippen LogP contribution in [-0.2, 0) is 14.3 Å². The highest BCUT2D eigenvalue weighted by Gasteiger charge is 2.62. The summed E-state index contributed by atoms with van der Waals surface area (Å²) in [6, 6.07) is 4.76. The van der Waals surface area contributed by atoms with Gasteiger partial charge in [0.15, 0.2) is 0 Å². The molecule has 3 amide bonds. The van der Waals surface area contributed by atoms with Crippen LogP contribution in [-0.4, -0.2) is 49.9 Å². The molecule has 0 radical (unpaired) electrons. The Labute approximate surface area is 163 Å². The first-order chi connectivity index (χ1) is 12.9. The van der Waals surface area contributed by atoms with Crippen molar-refractivity contribution in [3.8, 4) is 6.07 Å². The van der Waals surface area contributed by atoms with E-state index < -0.39 is 5.54 Å². The van der Waals surface area contributed by atoms with Crippen LogP contribution in [0.1, 0.15) is 30.4 Å². The monoisotopic (exact) mass is 391 g/mol. The first-order valence-corrected chi connectivity index (χ1v) is 9.16. The van der Waals surface area contributed by atoms with E-state index in [-0.39, 0.29) is 29.7 Å². The topological polar surface area (TPSA) is 82.9 Å². The molecule has 3 rings (SSSR count). The first kappa shape index (κ1) is 19.6. The van der Waals surface area contributed by atoms with E-state index in [1.54, 1.807) is 27.1 Å². The minimum Gasteiger partial charge on any atom is -0.359 e. The summed E-state index contributed by atoms with van der Waals surface area (Å²) in [5.41, 5.74) is 0.346. The Bertz CT molecular complexity index is 822. The number of benzene rings is 1. The quantitative estimate of drug-likeness (QED) is 0.437. The smallest absolute Gasteiger partial charge is 0.332 e. The Kier molecular flexibility index (Phi) is 5.43. The molecular weight excluding hydrogens is 370 g/mol. The van der Waals surface area contributed by atoms with Crippen LogP contribution in [0.15, 0.2) is 12.1 Å². The number of methoxy groups -OCH3 is 1. The lowest BCUT2D eigenvalue weighted by atomic mass is 9.86. The number of amides is 3. The molecule has 1 heterocycles. The molecule has 2 fully saturated rings. The second-order valence-corrected chi connectivity index (χ2v) is 7.33. The standard InChI is InChI=1S/C19H22ClN3O4/c1-12-15(7-6-13(9-21)16(12)20)23-17(24)19(22(2)18(23)25)8-4-5-14(19)10-27-11-26-3/h6-7,14H,4-5,8,10-11H2,1-3H3/t14-,19+/m0/s1. The predicted octanol–water partition coefficient (Wildman–Crippen LogP) is 3.08. The lowest BCUT2D eigenvalue weighted by Gasteiger charge is -2.34. The molecule has 1 saturated heterocycles. The van der Waals surface area contributed by atoms with Gasteiger partial charge in [-0.2, -0.15) is 5.26 Å². The van der Waals surface area contributed by atoms with Crippen molar-refractivity contribution >= 4 is 29.2 Å². The summed E-state index contributed by atoms with van der Waals surface area (Å²) in [4.78, 5) is 29.2. The van der Waals surface area contributed by atoms with Crippen LogP contribution in [0.2, 0.25) is 5.02 Å². The second kappa shape index (κ2) is 7.47. The van der Waals surface area contributed by atoms with Crippen molar-refractivity contribution in [3.63, 3.8) is 0 Å². The van der Waals surface area contributed by atoms with Crippen molar-refractivity contribution in [1.29, 1.82) is 5.26 Å². The highest BCUT2D eigenvalue weighted by molar-refractivity contribution is 6.33. The van der Waals surface area contributed by atoms with E-state index in [0.29, 0.717) is 29.8 Å². The van der Waals surface area contributed by atoms with Crippen molar-refractivity contribution in [2.45, 2.75) is 31.7 Å². The van der Waals surface area contributed by atoms with Crippen LogP contribution >= 0.6 is 11.6 Å². The molecule has 0 N–H and O–H groups in total. The fraction of sp³-hybridized carbons (Fsp3) is 0.526. The van der Waals surface area contributed by atoms with Gasteiger partial charge in [-0.05, 0) is 37.5 Å². The van der Waals surface area contributed by atoms with Crippen LogP contribution in [0.3, 0.4) is 0 Å². The number of urea groups is 1. The number of rotatable bonds is 5. The molecule has 8 heteroatoms. The average molecular weight is 392 g/mol. The van der Waals surface area contributed by atoms with Crippen LogP contribution in [0, 0.1) is 24.2 Å². The molecule has 2 aliphatic rings. The number of halogens is 1. The van der Waals surface area contributed by atoms with E-state index in [2.05, 4.69) is 0 Å². The molecule has 1 aliphatic heterocycles. The van der Waals surface area contributed by atoms with Gasteiger partial charge in [-0.1, -0.05) is 18.0 Å². The van der Waals surface area contributed by atoms with Gasteiger partial charge in [0, 0.05) is 20.1 Å². The summed E-state index contributed by atoms with van der Waals surface area (Å²) in [5, 5.41) is 9.39. The highest BCUT2D eigenvalue weighted by Crippen LogP contribution is 2.47. The highest BCUT2D eigenvalue weighted by atomic mass is 35.5. The number of imide groups is 1. The summed E-state index contributed by atoms with van der Waals surface area (Å²) in [7, 11) is 3.20. The zero-order valence-electron chi connectivity index (χ0n) is 15.6. The van der Waals surface area contributed by atoms with Crippen LogP contribution < -0.4 is 4.90 Å². The van der Waals surface area contributed by atoms with Crippen molar-refractivity contribution in [1.82, 2.24) is 4.90 Å². The number of hydrogen-bond acceptors (Lipinski definition) is 5. The summed E-state index contributed by atoms with van der Waals surface area (Å²) in [6.45, 7) is 2.20. The van der Waals surface area contributed by atoms with Gasteiger partial charge in [0.25, 0.3) is 5.91 Å². The molecule has 0 bridgehead atoms. The number of nitrogens with zero attached hydrogens (tertiary/aromatic N) is 3. The molecule has 1 aromatic rings. The lowest BCUT2D eigenvalue weighted by molar-refractivity contribution is -0.129. The lowest BCUT2D eigenvalue weighted by Crippen LogP contribution is -2.52. The molecule has 1 spiro atoms. The maximum atomic E-state index is 13.5. The fourth-order valence-corrected chi connectivity index (χ4v) is 4.44. The Hall–Kier alpha value is -2.14. The Morgan fingerprint density at radius 1 is 1.41 bits per heavy atom. The summed E-state index contributed by atoms with van der Waals surface area (Å²) in [5.74, 6) is -0.365. The molecule has 144 valence electrons. The van der Waals surface area contributed by atoms with Gasteiger partial charge in [0.1, 0.15) is 18.4 Å². The van der Waals surface area contributed by atoms with Crippen molar-refractivity contribution in [3.05, 3.63) is 28.3 Å². The van der Waals surface area contributed by atoms with Gasteiger partial charge in [-0.15, -0.1) is 0 Å². The van der Waals surface area contributed by atoms with Gasteiger partial charge < -0.3 is 14.4 Å². The maximum absolute atomic E-state index is 13.5. The second-order valence-electron chi connectivity index (χ2n) is 6.96. The number of likely N-dealkylation sites (N-methyl/N-ethyl adjacent to an activating group) is 1. The normalized spacial score (nSPS) is 24.9. The van der Waals surface area contributed by atoms with Crippen LogP contribution in [0.5, 0.6) is 0 Å². The number of nitriles is 1. The van der Waals surface area contributed by atoms with Gasteiger partial charge in [-0.25, -0.2) is 9.69 Å². The molecular formula is C19H22ClN3O4. The minimum absolute atomic E-state index is 0.103. The molecule has 2 atom stereocenters. The predicted molar refractivity (Wildman–Crippen MR) is 99.4 cm³/mol. The average Bonchev–Trinajstić information content (AvgIpc) is 3.16. The third-order valence-corrected chi connectivity index (χ3v) is 6.16. The molecule has 1 aromatic carbocycles. The molecule has 0 unspecified atom stereocenters. The SMILES string of the molecule is COCOC[C@@H]1CCC[C@]12C(=O)N(c1ccc(C#N)c(Cl)c1C)C(=O)N2C. The third kappa shape index (κ3) is 2.89. The number of hydrogen-bond donors (Lipinski definition) is 0. The van der Waals surface area contributed by atoms with E-state index in [4.69, 9.17) is 26.3 Å². The Morgan fingerprint density at radius 2 is 2.15 bits per heavy atom. The summed E-state index contributed by atoms with van der Waals surface area (Å²) in [6.07, 6.45) is 2.23. The van der Waals surface area contributed by atoms with Crippen LogP contribution in [0.25, 0.3) is 0 Å². The van der Waals surface area contributed by atoms with E-state index in [9.17, 15) is 9.59 Å². The van der Waals surface area contributed by atoms with Crippen LogP contribution in [0.4, 0.5) is 10.5 Å². The van der Waals surface area contributed by atoms with Crippen molar-refractivity contribution in [2.24, 2.45) is 5.92 Å². The first-order valence-electron chi connectivity index (χ1n) is 8.78. The van der Waals surface area contributed by atoms with E-state index >= 15 is 0 Å². The van der Waals surface area contributed by atoms with E-state index in [1.807, 2.05) is 6.07 Å². The summed E-state index contributed by atoms with van der Waals surface area (Å²) < 4.78 is 10.4. The molecule has 7 nitrogen and oxygen atoms in total. The number of ether oxygens (including phenoxy) is 2. The third-order valence-electron chi connectivity index (χ3n) is 5.68. The number of carbonyl (C=O) groups is 2. The van der Waals surface area contributed by atoms with Crippen molar-refractivity contribution < 1.29 is 19.1 Å². The van der Waals surface area contributed by atoms with E-state index in [0.717, 1.165) is 12.8 Å². The van der Waals surface area contributed by atoms with E-state index in [1.165, 1.54) is 15.9 Å². The maximum Gasteiger partial charge on any atom is 0.332 e. The number of anilines is 1. The van der Waals surface area contributed by atoms with Gasteiger partial charge in [0.2, 0.25) is 0 Å². The Balaban J connectivity index is 1.99. The largest absolute Gasteiger partial charge is 0.359 e. The molecule has 1 saturated carbocycles. The molecule has 1 aliphatic carbocycles. The fourth-order valence-electron chi connectivity index (χ4n) is 4.24. The van der Waals surface area contributed by atoms with Gasteiger partial charge in [-0.3, -0.25) is 4.79 Å².